The first kappa shape index (κ1) is 94.5. The van der Waals surface area contributed by atoms with E-state index in [1.165, 1.54) is 64.8 Å². The zero-order chi connectivity index (χ0) is 93.8. The first-order valence-electron chi connectivity index (χ1n) is 39.3. The van der Waals surface area contributed by atoms with Crippen LogP contribution in [0.4, 0.5) is 52.5 Å². The lowest BCUT2D eigenvalue weighted by atomic mass is 10.1. The van der Waals surface area contributed by atoms with Gasteiger partial charge in [-0.05, 0) is 95.4 Å². The van der Waals surface area contributed by atoms with Crippen LogP contribution in [0.2, 0.25) is 0 Å². The van der Waals surface area contributed by atoms with Crippen molar-refractivity contribution in [1.29, 1.82) is 0 Å². The number of nitrogen functional groups attached to an aromatic ring is 6. The molecule has 51 nitrogen and oxygen atoms in total. The van der Waals surface area contributed by atoms with Crippen molar-refractivity contribution in [2.75, 3.05) is 74.0 Å². The molecule has 9 aliphatic heterocycles. The van der Waals surface area contributed by atoms with Crippen molar-refractivity contribution in [3.8, 4) is 0 Å². The van der Waals surface area contributed by atoms with Crippen LogP contribution in [0.1, 0.15) is 50.2 Å². The lowest BCUT2D eigenvalue weighted by molar-refractivity contribution is -0.0598. The van der Waals surface area contributed by atoms with Crippen molar-refractivity contribution in [2.24, 2.45) is 0 Å². The molecule has 0 saturated carbocycles. The molecule has 12 aromatic rings. The number of nitrogens with zero attached hydrogens (tertiary/aromatic N) is 15. The Labute approximate surface area is 770 Å². The number of halogens is 4. The molecule has 133 heavy (non-hydrogen) atoms. The van der Waals surface area contributed by atoms with E-state index in [4.69, 9.17) is 176 Å². The maximum absolute atomic E-state index is 16.0. The van der Waals surface area contributed by atoms with Crippen LogP contribution in [0, 0.1) is 0 Å². The Balaban J connectivity index is 0.000000129. The molecule has 12 aromatic heterocycles. The molecule has 714 valence electrons. The van der Waals surface area contributed by atoms with E-state index in [0.29, 0.717) is 50.2 Å². The Morgan fingerprint density at radius 1 is 0.361 bits per heavy atom. The highest BCUT2D eigenvalue weighted by Gasteiger charge is 2.57. The number of ether oxygens (including phenoxy) is 6. The number of nitrogens with one attached hydrogen (secondary N) is 3. The molecule has 21 heterocycles. The first-order valence-corrected chi connectivity index (χ1v) is 55.0. The van der Waals surface area contributed by atoms with Gasteiger partial charge in [-0.15, -0.1) is 0 Å². The zero-order valence-corrected chi connectivity index (χ0v) is 77.4. The largest absolute Gasteiger partial charge is 0.398 e. The summed E-state index contributed by atoms with van der Waals surface area (Å²) < 4.78 is 189. The van der Waals surface area contributed by atoms with E-state index in [1.807, 2.05) is 0 Å². The molecule has 67 heteroatoms. The molecule has 0 spiro atoms. The predicted molar refractivity (Wildman–Crippen MR) is 476 cm³/mol. The number of fused-ring (bicyclic) bond motifs is 15. The van der Waals surface area contributed by atoms with E-state index >= 15 is 17.6 Å². The minimum absolute atomic E-state index is 0.0114. The Morgan fingerprint density at radius 2 is 0.669 bits per heavy atom. The van der Waals surface area contributed by atoms with E-state index in [2.05, 4.69) is 72.1 Å². The number of pyridine rings is 3. The normalized spacial score (nSPS) is 36.9. The predicted octanol–water partition coefficient (Wildman–Crippen LogP) is 4.09. The van der Waals surface area contributed by atoms with E-state index in [0.717, 1.165) is 6.33 Å². The highest BCUT2D eigenvalue weighted by atomic mass is 32.7. The van der Waals surface area contributed by atoms with Gasteiger partial charge in [0.1, 0.15) is 78.0 Å². The monoisotopic (exact) mass is 2090 g/mol. The van der Waals surface area contributed by atoms with E-state index < -0.39 is 219 Å². The minimum Gasteiger partial charge on any atom is -0.398 e. The number of hydrogen-bond acceptors (Lipinski definition) is 42. The van der Waals surface area contributed by atoms with Crippen molar-refractivity contribution in [1.82, 2.24) is 87.2 Å². The van der Waals surface area contributed by atoms with Crippen LogP contribution < -0.4 is 51.1 Å². The summed E-state index contributed by atoms with van der Waals surface area (Å²) in [5.74, 6) is -0.563. The molecule has 0 aliphatic carbocycles. The third-order valence-electron chi connectivity index (χ3n) is 22.3. The van der Waals surface area contributed by atoms with Crippen LogP contribution in [-0.2, 0) is 146 Å². The van der Waals surface area contributed by atoms with Crippen LogP contribution in [0.5, 0.6) is 0 Å². The third kappa shape index (κ3) is 18.9. The Morgan fingerprint density at radius 3 is 1.04 bits per heavy atom. The molecule has 20 N–H and O–H groups in total. The van der Waals surface area contributed by atoms with Crippen molar-refractivity contribution in [2.45, 2.75) is 148 Å². The van der Waals surface area contributed by atoms with E-state index in [1.54, 1.807) is 48.8 Å². The zero-order valence-electron chi connectivity index (χ0n) is 67.1. The second kappa shape index (κ2) is 36.4. The van der Waals surface area contributed by atoms with Gasteiger partial charge in [0.15, 0.2) is 95.5 Å². The van der Waals surface area contributed by atoms with Gasteiger partial charge < -0.3 is 133 Å². The average molecular weight is 2090 g/mol. The Bertz CT molecular complexity index is 6790. The number of rotatable bonds is 6. The fourth-order valence-electron chi connectivity index (χ4n) is 16.4. The minimum atomic E-state index is -4.33. The second-order valence-corrected chi connectivity index (χ2v) is 47.7. The maximum atomic E-state index is 16.0. The fraction of sp³-hybridized carbons (Fsp3) is 0.455. The molecule has 28 atom stereocenters. The van der Waals surface area contributed by atoms with Gasteiger partial charge in [0.2, 0.25) is 17.8 Å². The number of nitrogens with two attached hydrogens (primary N) is 6. The summed E-state index contributed by atoms with van der Waals surface area (Å²) in [6.07, 6.45) is -17.5. The number of anilines is 6. The molecule has 0 radical (unpaired) electrons. The number of aromatic nitrogens is 18. The van der Waals surface area contributed by atoms with Gasteiger partial charge in [-0.1, -0.05) is 12.2 Å². The van der Waals surface area contributed by atoms with Gasteiger partial charge in [0.25, 0.3) is 16.7 Å². The van der Waals surface area contributed by atoms with Gasteiger partial charge >= 0.3 is 40.4 Å². The van der Waals surface area contributed by atoms with Crippen LogP contribution in [-0.4, -0.2) is 249 Å². The number of thiol groups is 1. The summed E-state index contributed by atoms with van der Waals surface area (Å²) in [4.78, 5) is 136. The molecule has 9 fully saturated rings. The molecule has 6 unspecified atom stereocenters. The van der Waals surface area contributed by atoms with Gasteiger partial charge in [-0.25, -0.2) is 52.0 Å². The lowest BCUT2D eigenvalue weighted by Crippen LogP contribution is -2.34. The summed E-state index contributed by atoms with van der Waals surface area (Å²) in [5.41, 5.74) is 35.6. The first-order chi connectivity index (χ1) is 63.1. The summed E-state index contributed by atoms with van der Waals surface area (Å²) in [5, 5.41) is 1.69. The Kier molecular flexibility index (Phi) is 25.9. The average Bonchev–Trinajstić information content (AvgIpc) is 1.60. The summed E-state index contributed by atoms with van der Waals surface area (Å²) in [6.45, 7) is -28.0. The van der Waals surface area contributed by atoms with Crippen molar-refractivity contribution in [3.63, 3.8) is 0 Å². The topological polar surface area (TPSA) is 685 Å². The number of alkyl halides is 4. The van der Waals surface area contributed by atoms with E-state index in [9.17, 15) is 43.4 Å². The van der Waals surface area contributed by atoms with Crippen LogP contribution in [0.3, 0.4) is 0 Å². The number of hydrogen-bond donors (Lipinski definition) is 15. The molecule has 0 aromatic carbocycles. The molecular weight excluding hydrogens is 2020 g/mol. The van der Waals surface area contributed by atoms with Gasteiger partial charge in [-0.3, -0.25) is 65.7 Å². The molecule has 9 aliphatic rings. The van der Waals surface area contributed by atoms with Crippen molar-refractivity contribution < 1.29 is 129 Å². The van der Waals surface area contributed by atoms with Crippen LogP contribution in [0.15, 0.2) is 107 Å². The van der Waals surface area contributed by atoms with Crippen molar-refractivity contribution in [3.05, 3.63) is 124 Å². The molecular formula is C66H74F4N24O27P6S6. The smallest absolute Gasteiger partial charge is 0.386 e. The van der Waals surface area contributed by atoms with Gasteiger partial charge in [0.05, 0.1) is 70.8 Å². The molecule has 21 rings (SSSR count). The quantitative estimate of drug-likeness (QED) is 0.0633. The number of imidazole rings is 3. The summed E-state index contributed by atoms with van der Waals surface area (Å²) in [7, 11) is 0. The standard InChI is InChI=1S/C22H24F2N8O9P2S2.2C22H25FN8O9P2S2/c23-12-10-5-36-42(34,44)40-15-11(39-20(13(15)24)31-4-2-8-9(25)1-3-27-17(8)31)6-37-43(35,45)41-16(12)21(38-10)32-7-28-14-18(32)29-22(26)30-19(14)33;2*23-14-16-13(38-21(14)30-4-2-10-11(24)1-3-26-17(10)30)7-36-41(33,43)39-12-5-9(6-35-42(34,44)40-16)37-20(12)31-8-27-15-18(31)28-22(25)29-19(15)32/h1-4,7,10-13,15-16,20-21H,5-6H2,(H2,25,27)(H,34,44)(H,35,45)(H3,26,29,30,33);2*1-4,8-9,12-14,16,20-21H,5-7H2,(H2,24,26)(H,33,43)(H,34,44)(H3,25,28,29,32)/t10-,11-,12-,13+,15-,16-,20-,21-,42?,43?;2*9-,12+,13+,14-,16+,20+,21+,41?,42?/m100/s1. The summed E-state index contributed by atoms with van der Waals surface area (Å²) in [6, 6.07) is 9.74. The third-order valence-corrected chi connectivity index (χ3v) is 31.8. The van der Waals surface area contributed by atoms with Gasteiger partial charge in [-0.2, -0.15) is 15.0 Å². The molecule has 0 amide bonds. The number of H-pyrrole nitrogens is 3. The number of aromatic amines is 3. The summed E-state index contributed by atoms with van der Waals surface area (Å²) >= 11 is 30.2. The van der Waals surface area contributed by atoms with E-state index in [-0.39, 0.29) is 77.4 Å². The SMILES string of the molecule is Nc1nc2c(ncn2[C@@H]2O[C@@H]3COP(=O)(S)O[C@H]4[C@H](F)[C@H](n5ccc6c(N)ccnc65)O[C@@H]4COP(O)(=S)O[C@@H]2C3)c(=O)[nH]1.Nc1nc2c(ncn2[C@@H]2O[C@@H]3COP(O)(=S)O[C@H]4[C@H](F)[C@H](n5ccc6c(N)ccnc65)O[C@@H]4COP(O)(=S)O[C@@H]2C3)c(=O)[nH]1.Nc1nc2c(ncn2[C@@H]2O[C@@H]3COP(O)(=S)O[C@H]4[C@H](F)[C@H](n5ccc6c(N)ccnc65)O[C@@H]4COP(O)(=S)O[C@@H]2[C@@H]3F)c(=O)[nH]1. The van der Waals surface area contributed by atoms with Crippen LogP contribution >= 0.6 is 52.6 Å². The van der Waals surface area contributed by atoms with Crippen LogP contribution in [0.25, 0.3) is 66.6 Å². The highest BCUT2D eigenvalue weighted by molar-refractivity contribution is 8.44. The Hall–Kier alpha value is -7.45. The molecule has 9 saturated heterocycles. The lowest BCUT2D eigenvalue weighted by Gasteiger charge is -2.27. The molecule has 6 bridgehead atoms. The maximum Gasteiger partial charge on any atom is 0.386 e. The van der Waals surface area contributed by atoms with Gasteiger partial charge in [0, 0.05) is 83.2 Å². The fourth-order valence-corrected chi connectivity index (χ4v) is 25.1. The second-order valence-electron chi connectivity index (χ2n) is 30.9. The highest BCUT2D eigenvalue weighted by Crippen LogP contribution is 2.61. The van der Waals surface area contributed by atoms with Crippen molar-refractivity contribution >= 4 is 213 Å².